The zero-order valence-electron chi connectivity index (χ0n) is 16.8. The van der Waals surface area contributed by atoms with Crippen molar-refractivity contribution in [1.82, 2.24) is 10.6 Å². The number of benzene rings is 2. The number of amides is 3. The van der Waals surface area contributed by atoms with E-state index in [1.54, 1.807) is 36.3 Å². The molecule has 148 valence electrons. The van der Waals surface area contributed by atoms with Gasteiger partial charge < -0.3 is 20.3 Å². The fourth-order valence-corrected chi connectivity index (χ4v) is 3.20. The van der Waals surface area contributed by atoms with E-state index in [1.807, 2.05) is 39.0 Å². The number of methoxy groups -OCH3 is 1. The molecule has 1 heterocycles. The van der Waals surface area contributed by atoms with E-state index < -0.39 is 0 Å². The van der Waals surface area contributed by atoms with Crippen LogP contribution >= 0.6 is 0 Å². The van der Waals surface area contributed by atoms with Crippen molar-refractivity contribution < 1.29 is 14.3 Å². The number of fused-ring (bicyclic) bond motifs is 1. The summed E-state index contributed by atoms with van der Waals surface area (Å²) in [5, 5.41) is 5.74. The van der Waals surface area contributed by atoms with Crippen molar-refractivity contribution in [2.75, 3.05) is 18.6 Å². The van der Waals surface area contributed by atoms with Crippen LogP contribution in [-0.2, 0) is 13.0 Å². The Labute approximate surface area is 165 Å². The van der Waals surface area contributed by atoms with E-state index in [9.17, 15) is 9.59 Å². The van der Waals surface area contributed by atoms with Crippen LogP contribution in [0.3, 0.4) is 0 Å². The average molecular weight is 381 g/mol. The van der Waals surface area contributed by atoms with Crippen molar-refractivity contribution >= 4 is 17.6 Å². The second-order valence-electron chi connectivity index (χ2n) is 7.96. The SMILES string of the molecule is COc1ccc(C(=O)N2CCc3ccc(CNC(=O)NC(C)(C)C)cc32)cc1. The lowest BCUT2D eigenvalue weighted by Gasteiger charge is -2.21. The highest BCUT2D eigenvalue weighted by Crippen LogP contribution is 2.30. The lowest BCUT2D eigenvalue weighted by molar-refractivity contribution is 0.0989. The topological polar surface area (TPSA) is 70.7 Å². The first kappa shape index (κ1) is 19.7. The predicted molar refractivity (Wildman–Crippen MR) is 110 cm³/mol. The Morgan fingerprint density at radius 2 is 1.82 bits per heavy atom. The summed E-state index contributed by atoms with van der Waals surface area (Å²) < 4.78 is 5.16. The Morgan fingerprint density at radius 1 is 1.11 bits per heavy atom. The number of rotatable bonds is 4. The molecule has 0 saturated carbocycles. The van der Waals surface area contributed by atoms with Crippen LogP contribution < -0.4 is 20.3 Å². The molecule has 0 bridgehead atoms. The maximum Gasteiger partial charge on any atom is 0.315 e. The van der Waals surface area contributed by atoms with Gasteiger partial charge in [0, 0.05) is 29.9 Å². The van der Waals surface area contributed by atoms with Gasteiger partial charge in [-0.2, -0.15) is 0 Å². The van der Waals surface area contributed by atoms with Crippen molar-refractivity contribution in [2.24, 2.45) is 0 Å². The van der Waals surface area contributed by atoms with Gasteiger partial charge in [0.1, 0.15) is 5.75 Å². The lowest BCUT2D eigenvalue weighted by atomic mass is 10.1. The number of ether oxygens (including phenoxy) is 1. The van der Waals surface area contributed by atoms with Crippen LogP contribution in [0.2, 0.25) is 0 Å². The van der Waals surface area contributed by atoms with Crippen molar-refractivity contribution in [2.45, 2.75) is 39.3 Å². The first-order valence-electron chi connectivity index (χ1n) is 9.40. The third-order valence-corrected chi connectivity index (χ3v) is 4.57. The summed E-state index contributed by atoms with van der Waals surface area (Å²) in [6.07, 6.45) is 0.829. The summed E-state index contributed by atoms with van der Waals surface area (Å²) in [6, 6.07) is 13.0. The van der Waals surface area contributed by atoms with Crippen molar-refractivity contribution in [3.05, 3.63) is 59.2 Å². The van der Waals surface area contributed by atoms with Gasteiger partial charge in [0.2, 0.25) is 0 Å². The van der Waals surface area contributed by atoms with Gasteiger partial charge >= 0.3 is 6.03 Å². The highest BCUT2D eigenvalue weighted by atomic mass is 16.5. The van der Waals surface area contributed by atoms with Crippen LogP contribution in [0.1, 0.15) is 42.3 Å². The third kappa shape index (κ3) is 4.63. The zero-order valence-corrected chi connectivity index (χ0v) is 16.8. The molecule has 2 N–H and O–H groups in total. The van der Waals surface area contributed by atoms with E-state index in [0.717, 1.165) is 29.0 Å². The van der Waals surface area contributed by atoms with E-state index in [4.69, 9.17) is 4.74 Å². The molecule has 0 fully saturated rings. The average Bonchev–Trinajstić information content (AvgIpc) is 3.07. The molecular formula is C22H27N3O3. The Bertz CT molecular complexity index is 870. The van der Waals surface area contributed by atoms with Gasteiger partial charge in [-0.1, -0.05) is 12.1 Å². The highest BCUT2D eigenvalue weighted by molar-refractivity contribution is 6.07. The second-order valence-corrected chi connectivity index (χ2v) is 7.96. The summed E-state index contributed by atoms with van der Waals surface area (Å²) in [7, 11) is 1.60. The minimum Gasteiger partial charge on any atom is -0.497 e. The maximum atomic E-state index is 12.9. The quantitative estimate of drug-likeness (QED) is 0.852. The van der Waals surface area contributed by atoms with Crippen LogP contribution in [-0.4, -0.2) is 31.1 Å². The summed E-state index contributed by atoms with van der Waals surface area (Å²) in [6.45, 7) is 6.86. The molecule has 3 rings (SSSR count). The molecule has 0 aromatic heterocycles. The van der Waals surface area contributed by atoms with Gasteiger partial charge in [-0.05, 0) is 68.7 Å². The largest absolute Gasteiger partial charge is 0.497 e. The predicted octanol–water partition coefficient (Wildman–Crippen LogP) is 3.50. The van der Waals surface area contributed by atoms with Crippen LogP contribution in [0.15, 0.2) is 42.5 Å². The number of anilines is 1. The van der Waals surface area contributed by atoms with E-state index in [0.29, 0.717) is 18.7 Å². The molecule has 28 heavy (non-hydrogen) atoms. The number of carbonyl (C=O) groups is 2. The third-order valence-electron chi connectivity index (χ3n) is 4.57. The van der Waals surface area contributed by atoms with Crippen LogP contribution in [0.4, 0.5) is 10.5 Å². The summed E-state index contributed by atoms with van der Waals surface area (Å²) in [5.41, 5.74) is 3.35. The summed E-state index contributed by atoms with van der Waals surface area (Å²) >= 11 is 0. The van der Waals surface area contributed by atoms with Crippen LogP contribution in [0.5, 0.6) is 5.75 Å². The molecule has 0 spiro atoms. The standard InChI is InChI=1S/C22H27N3O3/c1-22(2,3)24-21(27)23-14-15-5-6-16-11-12-25(19(16)13-15)20(26)17-7-9-18(28-4)10-8-17/h5-10,13H,11-12,14H2,1-4H3,(H2,23,24,27). The van der Waals surface area contributed by atoms with Gasteiger partial charge in [0.05, 0.1) is 7.11 Å². The van der Waals surface area contributed by atoms with Gasteiger partial charge in [-0.3, -0.25) is 4.79 Å². The summed E-state index contributed by atoms with van der Waals surface area (Å²) in [4.78, 5) is 26.7. The molecule has 1 aliphatic rings. The van der Waals surface area contributed by atoms with Gasteiger partial charge in [-0.15, -0.1) is 0 Å². The molecule has 0 atom stereocenters. The molecule has 3 amide bonds. The smallest absolute Gasteiger partial charge is 0.315 e. The van der Waals surface area contributed by atoms with Crippen LogP contribution in [0.25, 0.3) is 0 Å². The molecule has 2 aromatic rings. The number of urea groups is 1. The second kappa shape index (κ2) is 7.92. The first-order chi connectivity index (χ1) is 13.3. The zero-order chi connectivity index (χ0) is 20.3. The molecule has 6 heteroatoms. The van der Waals surface area contributed by atoms with E-state index in [2.05, 4.69) is 10.6 Å². The number of nitrogens with zero attached hydrogens (tertiary/aromatic N) is 1. The molecular weight excluding hydrogens is 354 g/mol. The molecule has 0 radical (unpaired) electrons. The van der Waals surface area contributed by atoms with E-state index >= 15 is 0 Å². The minimum absolute atomic E-state index is 0.0306. The summed E-state index contributed by atoms with van der Waals surface area (Å²) in [5.74, 6) is 0.692. The minimum atomic E-state index is -0.288. The lowest BCUT2D eigenvalue weighted by Crippen LogP contribution is -2.46. The van der Waals surface area contributed by atoms with Crippen LogP contribution in [0, 0.1) is 0 Å². The Morgan fingerprint density at radius 3 is 2.46 bits per heavy atom. The van der Waals surface area contributed by atoms with Gasteiger partial charge in [0.25, 0.3) is 5.91 Å². The molecule has 2 aromatic carbocycles. The number of nitrogens with one attached hydrogen (secondary N) is 2. The highest BCUT2D eigenvalue weighted by Gasteiger charge is 2.26. The Kier molecular flexibility index (Phi) is 5.58. The first-order valence-corrected chi connectivity index (χ1v) is 9.40. The normalized spacial score (nSPS) is 13.1. The maximum absolute atomic E-state index is 12.9. The van der Waals surface area contributed by atoms with E-state index in [-0.39, 0.29) is 17.5 Å². The Hall–Kier alpha value is -3.02. The fourth-order valence-electron chi connectivity index (χ4n) is 3.20. The Balaban J connectivity index is 1.71. The van der Waals surface area contributed by atoms with Crippen molar-refractivity contribution in [3.63, 3.8) is 0 Å². The molecule has 0 saturated heterocycles. The van der Waals surface area contributed by atoms with Gasteiger partial charge in [-0.25, -0.2) is 4.79 Å². The van der Waals surface area contributed by atoms with E-state index in [1.165, 1.54) is 0 Å². The van der Waals surface area contributed by atoms with Crippen molar-refractivity contribution in [3.8, 4) is 5.75 Å². The monoisotopic (exact) mass is 381 g/mol. The molecule has 0 aliphatic carbocycles. The number of hydrogen-bond acceptors (Lipinski definition) is 3. The number of hydrogen-bond donors (Lipinski definition) is 2. The molecule has 6 nitrogen and oxygen atoms in total. The number of carbonyl (C=O) groups excluding carboxylic acids is 2. The molecule has 1 aliphatic heterocycles. The molecule has 0 unspecified atom stereocenters. The fraction of sp³-hybridized carbons (Fsp3) is 0.364. The van der Waals surface area contributed by atoms with Crippen molar-refractivity contribution in [1.29, 1.82) is 0 Å². The van der Waals surface area contributed by atoms with Gasteiger partial charge in [0.15, 0.2) is 0 Å².